The van der Waals surface area contributed by atoms with Crippen molar-refractivity contribution in [3.63, 3.8) is 0 Å². The first-order chi connectivity index (χ1) is 11.2. The summed E-state index contributed by atoms with van der Waals surface area (Å²) in [6, 6.07) is 6.02. The lowest BCUT2D eigenvalue weighted by Gasteiger charge is -2.19. The standard InChI is InChI=1S/C19H25NO4/c1-13-7-6-8-16-18(13)15(14(2)23-12-21)11-20(16)10-9-17(22)24-19(3,4)5/h6-8,11-12,14H,9-10H2,1-5H3. The van der Waals surface area contributed by atoms with Gasteiger partial charge < -0.3 is 14.0 Å². The van der Waals surface area contributed by atoms with E-state index in [4.69, 9.17) is 9.47 Å². The topological polar surface area (TPSA) is 57.5 Å². The summed E-state index contributed by atoms with van der Waals surface area (Å²) >= 11 is 0. The highest BCUT2D eigenvalue weighted by molar-refractivity contribution is 5.87. The number of benzene rings is 1. The first-order valence-corrected chi connectivity index (χ1v) is 8.12. The van der Waals surface area contributed by atoms with E-state index in [9.17, 15) is 9.59 Å². The summed E-state index contributed by atoms with van der Waals surface area (Å²) in [5, 5.41) is 1.07. The van der Waals surface area contributed by atoms with Gasteiger partial charge in [-0.05, 0) is 46.2 Å². The predicted octanol–water partition coefficient (Wildman–Crippen LogP) is 3.92. The summed E-state index contributed by atoms with van der Waals surface area (Å²) < 4.78 is 12.5. The van der Waals surface area contributed by atoms with Crippen LogP contribution in [-0.4, -0.2) is 22.6 Å². The third-order valence-electron chi connectivity index (χ3n) is 3.82. The molecule has 1 unspecified atom stereocenters. The van der Waals surface area contributed by atoms with Gasteiger partial charge in [-0.2, -0.15) is 0 Å². The van der Waals surface area contributed by atoms with E-state index in [0.717, 1.165) is 22.0 Å². The van der Waals surface area contributed by atoms with Crippen LogP contribution < -0.4 is 0 Å². The summed E-state index contributed by atoms with van der Waals surface area (Å²) in [7, 11) is 0. The van der Waals surface area contributed by atoms with Gasteiger partial charge in [-0.3, -0.25) is 9.59 Å². The van der Waals surface area contributed by atoms with E-state index in [2.05, 4.69) is 0 Å². The number of esters is 1. The van der Waals surface area contributed by atoms with Crippen molar-refractivity contribution in [1.82, 2.24) is 4.57 Å². The second kappa shape index (κ2) is 7.07. The second-order valence-corrected chi connectivity index (χ2v) is 6.96. The number of carbonyl (C=O) groups excluding carboxylic acids is 2. The highest BCUT2D eigenvalue weighted by atomic mass is 16.6. The number of ether oxygens (including phenoxy) is 2. The average Bonchev–Trinajstić information content (AvgIpc) is 2.84. The molecule has 0 saturated carbocycles. The SMILES string of the molecule is Cc1cccc2c1c(C(C)OC=O)cn2CCC(=O)OC(C)(C)C. The first kappa shape index (κ1) is 18.0. The van der Waals surface area contributed by atoms with Crippen molar-refractivity contribution in [3.8, 4) is 0 Å². The highest BCUT2D eigenvalue weighted by Crippen LogP contribution is 2.31. The summed E-state index contributed by atoms with van der Waals surface area (Å²) in [4.78, 5) is 22.6. The minimum Gasteiger partial charge on any atom is -0.460 e. The molecule has 0 aliphatic carbocycles. The number of aryl methyl sites for hydroxylation is 2. The van der Waals surface area contributed by atoms with E-state index in [-0.39, 0.29) is 18.5 Å². The quantitative estimate of drug-likeness (QED) is 0.595. The highest BCUT2D eigenvalue weighted by Gasteiger charge is 2.19. The number of hydrogen-bond donors (Lipinski definition) is 0. The number of hydrogen-bond acceptors (Lipinski definition) is 4. The molecule has 0 bridgehead atoms. The van der Waals surface area contributed by atoms with Crippen molar-refractivity contribution >= 4 is 23.3 Å². The van der Waals surface area contributed by atoms with Gasteiger partial charge >= 0.3 is 5.97 Å². The van der Waals surface area contributed by atoms with E-state index in [1.165, 1.54) is 0 Å². The maximum Gasteiger partial charge on any atom is 0.308 e. The predicted molar refractivity (Wildman–Crippen MR) is 92.7 cm³/mol. The Balaban J connectivity index is 2.29. The van der Waals surface area contributed by atoms with Crippen molar-refractivity contribution in [2.75, 3.05) is 0 Å². The molecule has 1 aromatic heterocycles. The van der Waals surface area contributed by atoms with Crippen LogP contribution in [0.5, 0.6) is 0 Å². The molecule has 2 aromatic rings. The monoisotopic (exact) mass is 331 g/mol. The van der Waals surface area contributed by atoms with Gasteiger partial charge in [0.2, 0.25) is 0 Å². The van der Waals surface area contributed by atoms with E-state index in [0.29, 0.717) is 13.0 Å². The van der Waals surface area contributed by atoms with E-state index >= 15 is 0 Å². The molecular formula is C19H25NO4. The van der Waals surface area contributed by atoms with Crippen LogP contribution in [-0.2, 0) is 25.6 Å². The zero-order valence-corrected chi connectivity index (χ0v) is 15.0. The summed E-state index contributed by atoms with van der Waals surface area (Å²) in [5.41, 5.74) is 2.60. The van der Waals surface area contributed by atoms with Crippen molar-refractivity contribution < 1.29 is 19.1 Å². The third kappa shape index (κ3) is 4.16. The number of fused-ring (bicyclic) bond motifs is 1. The molecule has 0 N–H and O–H groups in total. The van der Waals surface area contributed by atoms with Gasteiger partial charge in [-0.15, -0.1) is 0 Å². The van der Waals surface area contributed by atoms with Gasteiger partial charge in [-0.1, -0.05) is 12.1 Å². The Bertz CT molecular complexity index is 740. The fourth-order valence-corrected chi connectivity index (χ4v) is 2.82. The van der Waals surface area contributed by atoms with Gasteiger partial charge in [0, 0.05) is 29.2 Å². The zero-order chi connectivity index (χ0) is 17.9. The Morgan fingerprint density at radius 3 is 2.67 bits per heavy atom. The number of rotatable bonds is 6. The van der Waals surface area contributed by atoms with Crippen LogP contribution >= 0.6 is 0 Å². The number of carbonyl (C=O) groups is 2. The minimum atomic E-state index is -0.482. The summed E-state index contributed by atoms with van der Waals surface area (Å²) in [6.07, 6.45) is 1.90. The Kier molecular flexibility index (Phi) is 5.32. The Morgan fingerprint density at radius 2 is 2.04 bits per heavy atom. The lowest BCUT2D eigenvalue weighted by atomic mass is 10.0. The zero-order valence-electron chi connectivity index (χ0n) is 15.0. The van der Waals surface area contributed by atoms with E-state index < -0.39 is 5.60 Å². The molecule has 1 aromatic carbocycles. The Morgan fingerprint density at radius 1 is 1.33 bits per heavy atom. The maximum absolute atomic E-state index is 12.0. The van der Waals surface area contributed by atoms with Crippen molar-refractivity contribution in [2.45, 2.75) is 59.3 Å². The molecule has 130 valence electrons. The van der Waals surface area contributed by atoms with Gasteiger partial charge in [0.15, 0.2) is 0 Å². The van der Waals surface area contributed by atoms with Crippen molar-refractivity contribution in [3.05, 3.63) is 35.5 Å². The van der Waals surface area contributed by atoms with Crippen molar-refractivity contribution in [1.29, 1.82) is 0 Å². The molecule has 0 saturated heterocycles. The van der Waals surface area contributed by atoms with Gasteiger partial charge in [0.25, 0.3) is 6.47 Å². The molecule has 0 amide bonds. The van der Waals surface area contributed by atoms with Crippen LogP contribution in [0.25, 0.3) is 10.9 Å². The molecule has 0 fully saturated rings. The lowest BCUT2D eigenvalue weighted by molar-refractivity contribution is -0.155. The molecule has 0 aliphatic heterocycles. The third-order valence-corrected chi connectivity index (χ3v) is 3.82. The van der Waals surface area contributed by atoms with Crippen LogP contribution in [0.15, 0.2) is 24.4 Å². The van der Waals surface area contributed by atoms with Crippen molar-refractivity contribution in [2.24, 2.45) is 0 Å². The van der Waals surface area contributed by atoms with Crippen LogP contribution in [0.1, 0.15) is 51.3 Å². The minimum absolute atomic E-state index is 0.226. The molecule has 2 rings (SSSR count). The van der Waals surface area contributed by atoms with Gasteiger partial charge in [0.1, 0.15) is 11.7 Å². The fraction of sp³-hybridized carbons (Fsp3) is 0.474. The molecule has 0 spiro atoms. The summed E-state index contributed by atoms with van der Waals surface area (Å²) in [5.74, 6) is -0.226. The second-order valence-electron chi connectivity index (χ2n) is 6.96. The van der Waals surface area contributed by atoms with Crippen LogP contribution in [0, 0.1) is 6.92 Å². The summed E-state index contributed by atoms with van der Waals surface area (Å²) in [6.45, 7) is 10.4. The average molecular weight is 331 g/mol. The molecule has 1 atom stereocenters. The van der Waals surface area contributed by atoms with E-state index in [1.54, 1.807) is 0 Å². The normalized spacial score (nSPS) is 12.9. The van der Waals surface area contributed by atoms with Crippen LogP contribution in [0.3, 0.4) is 0 Å². The molecule has 5 heteroatoms. The molecule has 0 radical (unpaired) electrons. The fourth-order valence-electron chi connectivity index (χ4n) is 2.82. The Hall–Kier alpha value is -2.30. The van der Waals surface area contributed by atoms with Gasteiger partial charge in [-0.25, -0.2) is 0 Å². The molecule has 5 nitrogen and oxygen atoms in total. The smallest absolute Gasteiger partial charge is 0.308 e. The lowest BCUT2D eigenvalue weighted by Crippen LogP contribution is -2.24. The number of nitrogens with zero attached hydrogens (tertiary/aromatic N) is 1. The molecule has 1 heterocycles. The van der Waals surface area contributed by atoms with E-state index in [1.807, 2.05) is 63.6 Å². The molecule has 0 aliphatic rings. The Labute approximate surface area is 142 Å². The molecular weight excluding hydrogens is 306 g/mol. The van der Waals surface area contributed by atoms with Crippen LogP contribution in [0.4, 0.5) is 0 Å². The molecule has 24 heavy (non-hydrogen) atoms. The largest absolute Gasteiger partial charge is 0.460 e. The number of aromatic nitrogens is 1. The maximum atomic E-state index is 12.0. The van der Waals surface area contributed by atoms with Gasteiger partial charge in [0.05, 0.1) is 6.42 Å². The first-order valence-electron chi connectivity index (χ1n) is 8.12. The van der Waals surface area contributed by atoms with Crippen LogP contribution in [0.2, 0.25) is 0 Å².